The van der Waals surface area contributed by atoms with Gasteiger partial charge in [0.2, 0.25) is 0 Å². The van der Waals surface area contributed by atoms with E-state index in [2.05, 4.69) is 5.32 Å². The fourth-order valence-corrected chi connectivity index (χ4v) is 3.61. The molecule has 4 rings (SSSR count). The van der Waals surface area contributed by atoms with E-state index in [9.17, 15) is 23.6 Å². The Hall–Kier alpha value is -4.59. The zero-order valence-corrected chi connectivity index (χ0v) is 18.8. The standard InChI is InChI=1S/C27H21FN2O5/c1-2-35-26(33)19-11-13-21(14-12-19)30-25(32)22(24(31)29-27(30)34)16-18-9-7-17(8-10-18)15-20-5-3-4-6-23(20)28/h3-14,16H,2,15H2,1H3,(H,29,31,34)/b22-16+. The predicted octanol–water partition coefficient (Wildman–Crippen LogP) is 4.26. The first-order chi connectivity index (χ1) is 16.9. The molecule has 1 saturated heterocycles. The summed E-state index contributed by atoms with van der Waals surface area (Å²) in [7, 11) is 0. The van der Waals surface area contributed by atoms with Gasteiger partial charge < -0.3 is 4.74 Å². The van der Waals surface area contributed by atoms with Gasteiger partial charge in [0.15, 0.2) is 0 Å². The molecule has 0 spiro atoms. The first kappa shape index (κ1) is 23.6. The minimum atomic E-state index is -0.888. The number of ether oxygens (including phenoxy) is 1. The number of urea groups is 1. The summed E-state index contributed by atoms with van der Waals surface area (Å²) >= 11 is 0. The molecule has 0 saturated carbocycles. The third-order valence-electron chi connectivity index (χ3n) is 5.38. The van der Waals surface area contributed by atoms with Gasteiger partial charge in [-0.25, -0.2) is 18.9 Å². The van der Waals surface area contributed by atoms with E-state index < -0.39 is 23.8 Å². The summed E-state index contributed by atoms with van der Waals surface area (Å²) in [6, 6.07) is 18.3. The Morgan fingerprint density at radius 3 is 2.31 bits per heavy atom. The number of barbiturate groups is 1. The molecule has 3 aromatic rings. The monoisotopic (exact) mass is 472 g/mol. The lowest BCUT2D eigenvalue weighted by molar-refractivity contribution is -0.122. The van der Waals surface area contributed by atoms with E-state index in [-0.39, 0.29) is 29.2 Å². The van der Waals surface area contributed by atoms with E-state index in [0.717, 1.165) is 10.5 Å². The number of esters is 1. The van der Waals surface area contributed by atoms with Crippen molar-refractivity contribution >= 4 is 35.6 Å². The SMILES string of the molecule is CCOC(=O)c1ccc(N2C(=O)NC(=O)/C(=C\c3ccc(Cc4ccccc4F)cc3)C2=O)cc1. The summed E-state index contributed by atoms with van der Waals surface area (Å²) in [5.74, 6) is -2.42. The Balaban J connectivity index is 1.55. The number of hydrogen-bond donors (Lipinski definition) is 1. The highest BCUT2D eigenvalue weighted by molar-refractivity contribution is 6.39. The molecule has 35 heavy (non-hydrogen) atoms. The lowest BCUT2D eigenvalue weighted by Gasteiger charge is -2.26. The van der Waals surface area contributed by atoms with Gasteiger partial charge in [-0.1, -0.05) is 42.5 Å². The maximum atomic E-state index is 13.9. The molecule has 7 nitrogen and oxygen atoms in total. The Labute approximate surface area is 200 Å². The molecular formula is C27H21FN2O5. The topological polar surface area (TPSA) is 92.8 Å². The Kier molecular flexibility index (Phi) is 6.82. The van der Waals surface area contributed by atoms with Crippen LogP contribution in [0.1, 0.15) is 34.0 Å². The summed E-state index contributed by atoms with van der Waals surface area (Å²) in [6.07, 6.45) is 1.78. The van der Waals surface area contributed by atoms with E-state index >= 15 is 0 Å². The first-order valence-electron chi connectivity index (χ1n) is 10.9. The molecule has 1 aliphatic rings. The van der Waals surface area contributed by atoms with E-state index in [0.29, 0.717) is 17.5 Å². The van der Waals surface area contributed by atoms with Crippen molar-refractivity contribution in [2.75, 3.05) is 11.5 Å². The van der Waals surface area contributed by atoms with Gasteiger partial charge >= 0.3 is 12.0 Å². The smallest absolute Gasteiger partial charge is 0.338 e. The molecule has 0 atom stereocenters. The summed E-state index contributed by atoms with van der Waals surface area (Å²) in [6.45, 7) is 1.90. The van der Waals surface area contributed by atoms with Gasteiger partial charge in [0.1, 0.15) is 11.4 Å². The Morgan fingerprint density at radius 1 is 0.971 bits per heavy atom. The zero-order valence-electron chi connectivity index (χ0n) is 18.8. The fourth-order valence-electron chi connectivity index (χ4n) is 3.61. The summed E-state index contributed by atoms with van der Waals surface area (Å²) in [5.41, 5.74) is 2.22. The molecule has 4 amide bonds. The van der Waals surface area contributed by atoms with Crippen molar-refractivity contribution < 1.29 is 28.3 Å². The molecule has 1 aliphatic heterocycles. The van der Waals surface area contributed by atoms with Crippen molar-refractivity contribution in [1.29, 1.82) is 0 Å². The molecule has 176 valence electrons. The quantitative estimate of drug-likeness (QED) is 0.329. The van der Waals surface area contributed by atoms with Crippen molar-refractivity contribution in [2.24, 2.45) is 0 Å². The van der Waals surface area contributed by atoms with Gasteiger partial charge in [-0.2, -0.15) is 0 Å². The van der Waals surface area contributed by atoms with Crippen LogP contribution in [0.25, 0.3) is 6.08 Å². The normalized spacial score (nSPS) is 14.7. The second-order valence-corrected chi connectivity index (χ2v) is 7.73. The van der Waals surface area contributed by atoms with Crippen molar-refractivity contribution in [3.63, 3.8) is 0 Å². The van der Waals surface area contributed by atoms with Gasteiger partial charge in [-0.3, -0.25) is 14.9 Å². The molecular weight excluding hydrogens is 451 g/mol. The van der Waals surface area contributed by atoms with E-state index in [1.54, 1.807) is 49.4 Å². The largest absolute Gasteiger partial charge is 0.462 e. The predicted molar refractivity (Wildman–Crippen MR) is 127 cm³/mol. The molecule has 0 aromatic heterocycles. The van der Waals surface area contributed by atoms with Crippen LogP contribution in [0.15, 0.2) is 78.4 Å². The third kappa shape index (κ3) is 5.16. The molecule has 0 bridgehead atoms. The van der Waals surface area contributed by atoms with Crippen molar-refractivity contribution in [3.05, 3.63) is 106 Å². The number of imide groups is 2. The highest BCUT2D eigenvalue weighted by atomic mass is 19.1. The van der Waals surface area contributed by atoms with Crippen molar-refractivity contribution in [2.45, 2.75) is 13.3 Å². The van der Waals surface area contributed by atoms with Crippen LogP contribution in [0, 0.1) is 5.82 Å². The zero-order chi connectivity index (χ0) is 24.9. The number of carbonyl (C=O) groups is 4. The fraction of sp³-hybridized carbons (Fsp3) is 0.111. The van der Waals surface area contributed by atoms with Crippen molar-refractivity contribution in [1.82, 2.24) is 5.32 Å². The number of anilines is 1. The van der Waals surface area contributed by atoms with E-state index in [1.807, 2.05) is 0 Å². The van der Waals surface area contributed by atoms with Crippen LogP contribution >= 0.6 is 0 Å². The van der Waals surface area contributed by atoms with Crippen LogP contribution in [0.2, 0.25) is 0 Å². The molecule has 0 aliphatic carbocycles. The molecule has 8 heteroatoms. The number of carbonyl (C=O) groups excluding carboxylic acids is 4. The van der Waals surface area contributed by atoms with Crippen molar-refractivity contribution in [3.8, 4) is 0 Å². The maximum absolute atomic E-state index is 13.9. The second-order valence-electron chi connectivity index (χ2n) is 7.73. The molecule has 1 N–H and O–H groups in total. The number of hydrogen-bond acceptors (Lipinski definition) is 5. The minimum Gasteiger partial charge on any atom is -0.462 e. The minimum absolute atomic E-state index is 0.194. The molecule has 0 unspecified atom stereocenters. The number of nitrogens with one attached hydrogen (secondary N) is 1. The molecule has 3 aromatic carbocycles. The van der Waals surface area contributed by atoms with Crippen LogP contribution in [-0.2, 0) is 20.7 Å². The molecule has 0 radical (unpaired) electrons. The van der Waals surface area contributed by atoms with Crippen LogP contribution in [-0.4, -0.2) is 30.4 Å². The summed E-state index contributed by atoms with van der Waals surface area (Å²) in [5, 5.41) is 2.16. The van der Waals surface area contributed by atoms with Crippen LogP contribution in [0.4, 0.5) is 14.9 Å². The van der Waals surface area contributed by atoms with E-state index in [1.165, 1.54) is 36.4 Å². The first-order valence-corrected chi connectivity index (χ1v) is 10.9. The number of benzene rings is 3. The summed E-state index contributed by atoms with van der Waals surface area (Å²) in [4.78, 5) is 50.5. The highest BCUT2D eigenvalue weighted by Gasteiger charge is 2.36. The Morgan fingerprint density at radius 2 is 1.66 bits per heavy atom. The van der Waals surface area contributed by atoms with E-state index in [4.69, 9.17) is 4.74 Å². The van der Waals surface area contributed by atoms with Crippen LogP contribution in [0.3, 0.4) is 0 Å². The molecule has 1 heterocycles. The number of halogens is 1. The Bertz CT molecular complexity index is 1330. The van der Waals surface area contributed by atoms with Gasteiger partial charge in [0.05, 0.1) is 17.9 Å². The second kappa shape index (κ2) is 10.1. The van der Waals surface area contributed by atoms with Crippen LogP contribution in [0.5, 0.6) is 0 Å². The average molecular weight is 472 g/mol. The number of rotatable bonds is 6. The van der Waals surface area contributed by atoms with Gasteiger partial charge in [-0.15, -0.1) is 0 Å². The lowest BCUT2D eigenvalue weighted by Crippen LogP contribution is -2.54. The third-order valence-corrected chi connectivity index (χ3v) is 5.38. The average Bonchev–Trinajstić information content (AvgIpc) is 2.84. The summed E-state index contributed by atoms with van der Waals surface area (Å²) < 4.78 is 18.8. The van der Waals surface area contributed by atoms with Gasteiger partial charge in [-0.05, 0) is 60.0 Å². The number of amides is 4. The highest BCUT2D eigenvalue weighted by Crippen LogP contribution is 2.23. The van der Waals surface area contributed by atoms with Crippen LogP contribution < -0.4 is 10.2 Å². The lowest BCUT2D eigenvalue weighted by atomic mass is 10.0. The number of nitrogens with zero attached hydrogens (tertiary/aromatic N) is 1. The maximum Gasteiger partial charge on any atom is 0.338 e. The molecule has 1 fully saturated rings. The van der Waals surface area contributed by atoms with Gasteiger partial charge in [0, 0.05) is 6.42 Å². The van der Waals surface area contributed by atoms with Gasteiger partial charge in [0.25, 0.3) is 11.8 Å².